The van der Waals surface area contributed by atoms with Crippen molar-refractivity contribution in [3.05, 3.63) is 18.1 Å². The van der Waals surface area contributed by atoms with Gasteiger partial charge in [-0.3, -0.25) is 4.98 Å². The molecule has 0 fully saturated rings. The summed E-state index contributed by atoms with van der Waals surface area (Å²) in [5.41, 5.74) is -0.190. The second kappa shape index (κ2) is 5.58. The molecule has 1 aromatic heterocycles. The van der Waals surface area contributed by atoms with Crippen molar-refractivity contribution in [3.8, 4) is 5.88 Å². The summed E-state index contributed by atoms with van der Waals surface area (Å²) in [6.07, 6.45) is 3.85. The van der Waals surface area contributed by atoms with E-state index in [-0.39, 0.29) is 5.88 Å². The van der Waals surface area contributed by atoms with E-state index in [9.17, 15) is 9.90 Å². The molecule has 0 atom stereocenters. The first kappa shape index (κ1) is 13.4. The monoisotopic (exact) mass is 240 g/mol. The van der Waals surface area contributed by atoms with Crippen molar-refractivity contribution >= 4 is 5.97 Å². The van der Waals surface area contributed by atoms with Gasteiger partial charge in [0.1, 0.15) is 11.1 Å². The van der Waals surface area contributed by atoms with Crippen molar-refractivity contribution in [1.82, 2.24) is 9.97 Å². The van der Waals surface area contributed by atoms with E-state index in [2.05, 4.69) is 9.97 Å². The molecular formula is C11H16N2O4. The molecule has 0 bridgehead atoms. The summed E-state index contributed by atoms with van der Waals surface area (Å²) in [5.74, 6) is -0.414. The Morgan fingerprint density at radius 3 is 2.71 bits per heavy atom. The first-order chi connectivity index (χ1) is 7.97. The third kappa shape index (κ3) is 3.67. The quantitative estimate of drug-likeness (QED) is 0.487. The lowest BCUT2D eigenvalue weighted by molar-refractivity contribution is -0.413. The first-order valence-corrected chi connectivity index (χ1v) is 5.24. The molecule has 0 saturated carbocycles. The summed E-state index contributed by atoms with van der Waals surface area (Å²) in [7, 11) is 0. The molecule has 0 aliphatic rings. The molecule has 0 aromatic carbocycles. The second-order valence-corrected chi connectivity index (χ2v) is 4.28. The first-order valence-electron chi connectivity index (χ1n) is 5.24. The van der Waals surface area contributed by atoms with Crippen molar-refractivity contribution in [2.45, 2.75) is 26.7 Å². The highest BCUT2D eigenvalue weighted by atomic mass is 16.6. The van der Waals surface area contributed by atoms with Crippen LogP contribution in [0.5, 0.6) is 5.88 Å². The number of aryl methyl sites for hydroxylation is 1. The van der Waals surface area contributed by atoms with Crippen LogP contribution in [0.4, 0.5) is 0 Å². The standard InChI is InChI=1S/C11H15N2O4/c1-11(2,10(15)16)4-3-8-9(17-7-14)13-6-5-12-8/h5-6H,3-4,7H2,1-2H3,(H,15,16)/q-1/p+1. The van der Waals surface area contributed by atoms with E-state index in [1.807, 2.05) is 0 Å². The predicted molar refractivity (Wildman–Crippen MR) is 58.2 cm³/mol. The summed E-state index contributed by atoms with van der Waals surface area (Å²) in [4.78, 5) is 19.0. The molecule has 1 rings (SSSR count). The molecule has 0 spiro atoms. The second-order valence-electron chi connectivity index (χ2n) is 4.28. The number of aromatic nitrogens is 2. The fourth-order valence-corrected chi connectivity index (χ4v) is 1.25. The van der Waals surface area contributed by atoms with Gasteiger partial charge in [-0.05, 0) is 26.7 Å². The maximum Gasteiger partial charge on any atom is 0.521 e. The largest absolute Gasteiger partial charge is 0.824 e. The average Bonchev–Trinajstić information content (AvgIpc) is 2.28. The Balaban J connectivity index is 2.72. The van der Waals surface area contributed by atoms with Crippen LogP contribution >= 0.6 is 0 Å². The summed E-state index contributed by atoms with van der Waals surface area (Å²) < 4.78 is 4.80. The molecule has 1 heterocycles. The van der Waals surface area contributed by atoms with Crippen molar-refractivity contribution in [2.75, 3.05) is 6.79 Å². The minimum absolute atomic E-state index is 0.204. The van der Waals surface area contributed by atoms with Crippen LogP contribution in [0, 0.1) is 5.41 Å². The van der Waals surface area contributed by atoms with Gasteiger partial charge in [-0.2, -0.15) is 0 Å². The summed E-state index contributed by atoms with van der Waals surface area (Å²) in [6, 6.07) is 0. The Morgan fingerprint density at radius 2 is 2.12 bits per heavy atom. The van der Waals surface area contributed by atoms with Crippen molar-refractivity contribution in [2.24, 2.45) is 5.41 Å². The molecule has 6 heteroatoms. The highest BCUT2D eigenvalue weighted by molar-refractivity contribution is 5.73. The normalized spacial score (nSPS) is 11.2. The van der Waals surface area contributed by atoms with Crippen LogP contribution in [0.15, 0.2) is 12.4 Å². The van der Waals surface area contributed by atoms with Crippen molar-refractivity contribution in [1.29, 1.82) is 0 Å². The molecule has 0 saturated heterocycles. The van der Waals surface area contributed by atoms with Gasteiger partial charge in [-0.25, -0.2) is 4.98 Å². The number of rotatable bonds is 6. The molecule has 1 aromatic rings. The number of hydrogen-bond donors (Lipinski definition) is 0. The van der Waals surface area contributed by atoms with Crippen LogP contribution in [0.3, 0.4) is 0 Å². The van der Waals surface area contributed by atoms with E-state index in [1.165, 1.54) is 12.4 Å². The van der Waals surface area contributed by atoms with Crippen LogP contribution in [-0.4, -0.2) is 27.8 Å². The van der Waals surface area contributed by atoms with Gasteiger partial charge in [0.2, 0.25) is 5.88 Å². The Kier molecular flexibility index (Phi) is 4.39. The zero-order chi connectivity index (χ0) is 12.9. The molecule has 0 radical (unpaired) electrons. The van der Waals surface area contributed by atoms with Gasteiger partial charge >= 0.3 is 5.97 Å². The molecule has 0 aliphatic heterocycles. The van der Waals surface area contributed by atoms with Gasteiger partial charge in [0.25, 0.3) is 0 Å². The third-order valence-electron chi connectivity index (χ3n) is 2.53. The summed E-state index contributed by atoms with van der Waals surface area (Å²) >= 11 is 0. The molecule has 0 aliphatic carbocycles. The van der Waals surface area contributed by atoms with Crippen LogP contribution in [0.2, 0.25) is 0 Å². The van der Waals surface area contributed by atoms with Gasteiger partial charge in [-0.1, -0.05) is 0 Å². The van der Waals surface area contributed by atoms with E-state index in [0.717, 1.165) is 0 Å². The number of carbonyl (C=O) groups is 1. The predicted octanol–water partition coefficient (Wildman–Crippen LogP) is -0.617. The highest BCUT2D eigenvalue weighted by Crippen LogP contribution is 2.24. The van der Waals surface area contributed by atoms with Crippen LogP contribution in [0.25, 0.3) is 0 Å². The molecule has 17 heavy (non-hydrogen) atoms. The SMILES string of the molecule is CC(C)(CCc1nccnc1OC[O-])C(=O)[OH2+]. The van der Waals surface area contributed by atoms with Crippen LogP contribution in [0.1, 0.15) is 26.0 Å². The number of nitrogens with zero attached hydrogens (tertiary/aromatic N) is 2. The third-order valence-corrected chi connectivity index (χ3v) is 2.53. The van der Waals surface area contributed by atoms with Gasteiger partial charge in [0.05, 0.1) is 0 Å². The van der Waals surface area contributed by atoms with E-state index in [1.54, 1.807) is 13.8 Å². The fraction of sp³-hybridized carbons (Fsp3) is 0.545. The zero-order valence-corrected chi connectivity index (χ0v) is 9.90. The zero-order valence-electron chi connectivity index (χ0n) is 9.90. The molecule has 6 nitrogen and oxygen atoms in total. The lowest BCUT2D eigenvalue weighted by Gasteiger charge is -2.15. The average molecular weight is 240 g/mol. The Morgan fingerprint density at radius 1 is 1.47 bits per heavy atom. The Labute approximate surface area is 99.3 Å². The molecule has 2 N–H and O–H groups in total. The maximum absolute atomic E-state index is 11.0. The molecule has 94 valence electrons. The molecule has 0 amide bonds. The Hall–Kier alpha value is -1.69. The van der Waals surface area contributed by atoms with E-state index in [0.29, 0.717) is 18.5 Å². The summed E-state index contributed by atoms with van der Waals surface area (Å²) in [5, 5.41) is 17.5. The van der Waals surface area contributed by atoms with Crippen molar-refractivity contribution < 1.29 is 19.7 Å². The molecule has 0 unspecified atom stereocenters. The lowest BCUT2D eigenvalue weighted by atomic mass is 9.87. The number of carbonyl (C=O) groups excluding carboxylic acids is 1. The van der Waals surface area contributed by atoms with Gasteiger partial charge in [0.15, 0.2) is 0 Å². The topological polar surface area (TPSA) is 98.0 Å². The van der Waals surface area contributed by atoms with E-state index >= 15 is 0 Å². The van der Waals surface area contributed by atoms with E-state index in [4.69, 9.17) is 9.84 Å². The van der Waals surface area contributed by atoms with Gasteiger partial charge in [-0.15, -0.1) is 0 Å². The lowest BCUT2D eigenvalue weighted by Crippen LogP contribution is -2.24. The molecular weight excluding hydrogens is 224 g/mol. The summed E-state index contributed by atoms with van der Waals surface area (Å²) in [6.45, 7) is 2.69. The minimum Gasteiger partial charge on any atom is -0.824 e. The van der Waals surface area contributed by atoms with Crippen molar-refractivity contribution in [3.63, 3.8) is 0 Å². The maximum atomic E-state index is 11.0. The Bertz CT molecular complexity index is 393. The van der Waals surface area contributed by atoms with Crippen LogP contribution < -0.4 is 9.84 Å². The van der Waals surface area contributed by atoms with E-state index < -0.39 is 18.2 Å². The van der Waals surface area contributed by atoms with Gasteiger partial charge in [0, 0.05) is 24.0 Å². The smallest absolute Gasteiger partial charge is 0.521 e. The highest BCUT2D eigenvalue weighted by Gasteiger charge is 2.34. The minimum atomic E-state index is -0.730. The number of ether oxygens (including phenoxy) is 1. The fourth-order valence-electron chi connectivity index (χ4n) is 1.25. The van der Waals surface area contributed by atoms with Crippen LogP contribution in [-0.2, 0) is 11.2 Å². The number of hydrogen-bond acceptors (Lipinski definition) is 5. The van der Waals surface area contributed by atoms with Gasteiger partial charge < -0.3 is 14.9 Å².